The second-order valence-electron chi connectivity index (χ2n) is 5.97. The van der Waals surface area contributed by atoms with Crippen molar-refractivity contribution < 1.29 is 23.0 Å². The summed E-state index contributed by atoms with van der Waals surface area (Å²) in [6, 6.07) is 12.8. The molecule has 30 heavy (non-hydrogen) atoms. The predicted molar refractivity (Wildman–Crippen MR) is 125 cm³/mol. The number of halogens is 3. The molecule has 9 heteroatoms. The SMILES string of the molecule is CCOc1cccc(CNC(=NC)NCCc2ccccc2OC)c1OC(F)F.I. The molecule has 0 aliphatic carbocycles. The van der Waals surface area contributed by atoms with Crippen LogP contribution in [-0.2, 0) is 13.0 Å². The zero-order valence-corrected chi connectivity index (χ0v) is 19.6. The van der Waals surface area contributed by atoms with Crippen LogP contribution in [0.25, 0.3) is 0 Å². The Kier molecular flexibility index (Phi) is 11.9. The number of alkyl halides is 2. The molecule has 0 aliphatic rings. The molecule has 2 N–H and O–H groups in total. The molecule has 2 rings (SSSR count). The molecule has 0 fully saturated rings. The first-order chi connectivity index (χ1) is 14.1. The molecule has 0 saturated carbocycles. The Bertz CT molecular complexity index is 807. The number of ether oxygens (including phenoxy) is 3. The van der Waals surface area contributed by atoms with Gasteiger partial charge in [-0.2, -0.15) is 8.78 Å². The topological polar surface area (TPSA) is 64.1 Å². The molecule has 0 bridgehead atoms. The average Bonchev–Trinajstić information content (AvgIpc) is 2.72. The molecular weight excluding hydrogens is 507 g/mol. The number of hydrogen-bond acceptors (Lipinski definition) is 4. The number of guanidine groups is 1. The molecule has 0 aliphatic heterocycles. The Morgan fingerprint density at radius 3 is 2.40 bits per heavy atom. The Labute approximate surface area is 193 Å². The van der Waals surface area contributed by atoms with Crippen molar-refractivity contribution in [2.24, 2.45) is 4.99 Å². The average molecular weight is 535 g/mol. The van der Waals surface area contributed by atoms with Gasteiger partial charge in [-0.1, -0.05) is 30.3 Å². The maximum absolute atomic E-state index is 12.8. The lowest BCUT2D eigenvalue weighted by Crippen LogP contribution is -2.38. The van der Waals surface area contributed by atoms with Crippen LogP contribution in [0.2, 0.25) is 0 Å². The van der Waals surface area contributed by atoms with Gasteiger partial charge < -0.3 is 24.8 Å². The summed E-state index contributed by atoms with van der Waals surface area (Å²) in [6.45, 7) is 0.0675. The number of para-hydroxylation sites is 2. The monoisotopic (exact) mass is 535 g/mol. The van der Waals surface area contributed by atoms with Gasteiger partial charge in [0.05, 0.1) is 13.7 Å². The van der Waals surface area contributed by atoms with Gasteiger partial charge in [0.2, 0.25) is 0 Å². The van der Waals surface area contributed by atoms with E-state index in [0.29, 0.717) is 24.7 Å². The highest BCUT2D eigenvalue weighted by atomic mass is 127. The van der Waals surface area contributed by atoms with E-state index < -0.39 is 6.61 Å². The fourth-order valence-electron chi connectivity index (χ4n) is 2.82. The van der Waals surface area contributed by atoms with Crippen molar-refractivity contribution in [2.75, 3.05) is 27.3 Å². The Hall–Kier alpha value is -2.30. The lowest BCUT2D eigenvalue weighted by Gasteiger charge is -2.17. The van der Waals surface area contributed by atoms with E-state index in [4.69, 9.17) is 9.47 Å². The smallest absolute Gasteiger partial charge is 0.387 e. The summed E-state index contributed by atoms with van der Waals surface area (Å²) in [6.07, 6.45) is 0.740. The third-order valence-corrected chi connectivity index (χ3v) is 4.12. The normalized spacial score (nSPS) is 10.9. The Balaban J connectivity index is 0.00000450. The molecule has 0 saturated heterocycles. The molecule has 2 aromatic carbocycles. The second-order valence-corrected chi connectivity index (χ2v) is 5.97. The number of hydrogen-bond donors (Lipinski definition) is 2. The summed E-state index contributed by atoms with van der Waals surface area (Å²) in [5.74, 6) is 1.69. The fourth-order valence-corrected chi connectivity index (χ4v) is 2.82. The first-order valence-corrected chi connectivity index (χ1v) is 9.34. The molecule has 0 heterocycles. The van der Waals surface area contributed by atoms with Gasteiger partial charge in [0.1, 0.15) is 5.75 Å². The van der Waals surface area contributed by atoms with Crippen molar-refractivity contribution in [1.82, 2.24) is 10.6 Å². The van der Waals surface area contributed by atoms with Gasteiger partial charge in [0.15, 0.2) is 17.5 Å². The highest BCUT2D eigenvalue weighted by Crippen LogP contribution is 2.32. The van der Waals surface area contributed by atoms with E-state index in [1.807, 2.05) is 24.3 Å². The third kappa shape index (κ3) is 7.85. The van der Waals surface area contributed by atoms with E-state index in [9.17, 15) is 8.78 Å². The van der Waals surface area contributed by atoms with Gasteiger partial charge >= 0.3 is 6.61 Å². The van der Waals surface area contributed by atoms with E-state index in [-0.39, 0.29) is 42.0 Å². The highest BCUT2D eigenvalue weighted by molar-refractivity contribution is 14.0. The van der Waals surface area contributed by atoms with E-state index in [1.54, 1.807) is 39.3 Å². The number of methoxy groups -OCH3 is 1. The zero-order chi connectivity index (χ0) is 21.1. The van der Waals surface area contributed by atoms with Crippen molar-refractivity contribution in [1.29, 1.82) is 0 Å². The minimum Gasteiger partial charge on any atom is -0.496 e. The molecule has 6 nitrogen and oxygen atoms in total. The van der Waals surface area contributed by atoms with Crippen molar-refractivity contribution in [2.45, 2.75) is 26.5 Å². The van der Waals surface area contributed by atoms with Crippen molar-refractivity contribution in [3.63, 3.8) is 0 Å². The number of nitrogens with zero attached hydrogens (tertiary/aromatic N) is 1. The molecule has 0 amide bonds. The summed E-state index contributed by atoms with van der Waals surface area (Å²) in [7, 11) is 3.29. The molecule has 0 unspecified atom stereocenters. The van der Waals surface area contributed by atoms with Crippen LogP contribution in [0.5, 0.6) is 17.2 Å². The molecule has 0 aromatic heterocycles. The minimum atomic E-state index is -2.94. The largest absolute Gasteiger partial charge is 0.496 e. The molecular formula is C21H28F2IN3O3. The number of nitrogens with one attached hydrogen (secondary N) is 2. The van der Waals surface area contributed by atoms with E-state index >= 15 is 0 Å². The quantitative estimate of drug-likeness (QED) is 0.271. The number of rotatable bonds is 10. The van der Waals surface area contributed by atoms with Crippen molar-refractivity contribution in [3.05, 3.63) is 53.6 Å². The van der Waals surface area contributed by atoms with Gasteiger partial charge in [0, 0.05) is 25.7 Å². The molecule has 0 atom stereocenters. The van der Waals surface area contributed by atoms with Crippen LogP contribution in [0.1, 0.15) is 18.1 Å². The standard InChI is InChI=1S/C21H27F2N3O3.HI/c1-4-28-18-11-7-9-16(19(18)29-20(22)23)14-26-21(24-2)25-13-12-15-8-5-6-10-17(15)27-3;/h5-11,20H,4,12-14H2,1-3H3,(H2,24,25,26);1H. The number of aliphatic imine (C=N–C) groups is 1. The summed E-state index contributed by atoms with van der Waals surface area (Å²) < 4.78 is 41.1. The van der Waals surface area contributed by atoms with Gasteiger partial charge in [0.25, 0.3) is 0 Å². The molecule has 0 radical (unpaired) electrons. The number of benzene rings is 2. The molecule has 0 spiro atoms. The first-order valence-electron chi connectivity index (χ1n) is 9.34. The van der Waals surface area contributed by atoms with Crippen molar-refractivity contribution >= 4 is 29.9 Å². The predicted octanol–water partition coefficient (Wildman–Crippen LogP) is 4.22. The van der Waals surface area contributed by atoms with Crippen LogP contribution in [0.4, 0.5) is 8.78 Å². The van der Waals surface area contributed by atoms with Gasteiger partial charge in [-0.25, -0.2) is 0 Å². The Morgan fingerprint density at radius 1 is 1.03 bits per heavy atom. The van der Waals surface area contributed by atoms with Crippen LogP contribution >= 0.6 is 24.0 Å². The maximum atomic E-state index is 12.8. The fraction of sp³-hybridized carbons (Fsp3) is 0.381. The lowest BCUT2D eigenvalue weighted by atomic mass is 10.1. The van der Waals surface area contributed by atoms with Crippen molar-refractivity contribution in [3.8, 4) is 17.2 Å². The summed E-state index contributed by atoms with van der Waals surface area (Å²) in [5, 5.41) is 6.31. The van der Waals surface area contributed by atoms with E-state index in [0.717, 1.165) is 17.7 Å². The third-order valence-electron chi connectivity index (χ3n) is 4.12. The minimum absolute atomic E-state index is 0. The summed E-state index contributed by atoms with van der Waals surface area (Å²) in [5.41, 5.74) is 1.62. The zero-order valence-electron chi connectivity index (χ0n) is 17.3. The maximum Gasteiger partial charge on any atom is 0.387 e. The van der Waals surface area contributed by atoms with Crippen LogP contribution in [0.3, 0.4) is 0 Å². The molecule has 166 valence electrons. The van der Waals surface area contributed by atoms with Gasteiger partial charge in [-0.3, -0.25) is 4.99 Å². The summed E-state index contributed by atoms with van der Waals surface area (Å²) >= 11 is 0. The highest BCUT2D eigenvalue weighted by Gasteiger charge is 2.16. The van der Waals surface area contributed by atoms with Gasteiger partial charge in [-0.15, -0.1) is 24.0 Å². The van der Waals surface area contributed by atoms with Gasteiger partial charge in [-0.05, 0) is 31.0 Å². The first kappa shape index (κ1) is 25.7. The second kappa shape index (κ2) is 13.8. The van der Waals surface area contributed by atoms with Crippen LogP contribution in [-0.4, -0.2) is 39.9 Å². The summed E-state index contributed by atoms with van der Waals surface area (Å²) in [4.78, 5) is 4.17. The van der Waals surface area contributed by atoms with Crippen LogP contribution in [0.15, 0.2) is 47.5 Å². The van der Waals surface area contributed by atoms with Crippen LogP contribution in [0, 0.1) is 0 Å². The van der Waals surface area contributed by atoms with Crippen LogP contribution < -0.4 is 24.8 Å². The molecule has 2 aromatic rings. The lowest BCUT2D eigenvalue weighted by molar-refractivity contribution is -0.0520. The van der Waals surface area contributed by atoms with E-state index in [2.05, 4.69) is 20.4 Å². The Morgan fingerprint density at radius 2 is 1.73 bits per heavy atom. The van der Waals surface area contributed by atoms with E-state index in [1.165, 1.54) is 0 Å².